The molecule has 0 amide bonds. The monoisotopic (exact) mass is 650 g/mol. The number of ether oxygens (including phenoxy) is 2. The van der Waals surface area contributed by atoms with Crippen LogP contribution in [-0.2, 0) is 14.3 Å². The lowest BCUT2D eigenvalue weighted by Crippen LogP contribution is -2.68. The number of allylic oxidation sites excluding steroid dienone is 2. The van der Waals surface area contributed by atoms with Gasteiger partial charge in [-0.15, -0.1) is 0 Å². The quantitative estimate of drug-likeness (QED) is 0.177. The van der Waals surface area contributed by atoms with Crippen LogP contribution in [0.4, 0.5) is 0 Å². The highest BCUT2D eigenvalue weighted by molar-refractivity contribution is 5.79. The first-order valence-electron chi connectivity index (χ1n) is 17.7. The molecular formula is C36H58O10. The maximum atomic E-state index is 14.4. The molecule has 0 unspecified atom stereocenters. The van der Waals surface area contributed by atoms with Crippen LogP contribution in [0, 0.1) is 56.7 Å². The predicted octanol–water partition coefficient (Wildman–Crippen LogP) is 2.29. The van der Waals surface area contributed by atoms with E-state index < -0.39 is 66.3 Å². The van der Waals surface area contributed by atoms with E-state index in [9.17, 15) is 40.5 Å². The normalized spacial score (nSPS) is 56.8. The molecule has 7 N–H and O–H groups in total. The maximum Gasteiger partial charge on any atom is 0.315 e. The molecule has 0 aromatic carbocycles. The minimum atomic E-state index is -1.65. The molecule has 4 saturated carbocycles. The number of carbonyl (C=O) groups excluding carboxylic acids is 1. The molecule has 5 aliphatic carbocycles. The lowest BCUT2D eigenvalue weighted by atomic mass is 9.33. The van der Waals surface area contributed by atoms with Gasteiger partial charge in [-0.25, -0.2) is 0 Å². The maximum absolute atomic E-state index is 14.4. The molecule has 17 atom stereocenters. The summed E-state index contributed by atoms with van der Waals surface area (Å²) in [4.78, 5) is 14.4. The predicted molar refractivity (Wildman–Crippen MR) is 168 cm³/mol. The van der Waals surface area contributed by atoms with Gasteiger partial charge in [0.15, 0.2) is 0 Å². The Morgan fingerprint density at radius 2 is 1.61 bits per heavy atom. The van der Waals surface area contributed by atoms with Crippen molar-refractivity contribution in [2.45, 2.75) is 136 Å². The number of aliphatic hydroxyl groups excluding tert-OH is 7. The van der Waals surface area contributed by atoms with E-state index in [0.717, 1.165) is 32.1 Å². The smallest absolute Gasteiger partial charge is 0.315 e. The number of hydrogen-bond donors (Lipinski definition) is 7. The van der Waals surface area contributed by atoms with Gasteiger partial charge in [-0.1, -0.05) is 53.2 Å². The molecular weight excluding hydrogens is 592 g/mol. The van der Waals surface area contributed by atoms with Crippen molar-refractivity contribution < 1.29 is 50.0 Å². The fraction of sp³-hybridized carbons (Fsp3) is 0.917. The summed E-state index contributed by atoms with van der Waals surface area (Å²) in [5.41, 5.74) is -1.01. The molecule has 46 heavy (non-hydrogen) atoms. The fourth-order valence-corrected chi connectivity index (χ4v) is 12.4. The molecule has 0 bridgehead atoms. The van der Waals surface area contributed by atoms with Crippen molar-refractivity contribution >= 4 is 5.97 Å². The summed E-state index contributed by atoms with van der Waals surface area (Å²) in [5.74, 6) is 0.265. The fourth-order valence-electron chi connectivity index (χ4n) is 12.4. The standard InChI is InChI=1S/C36H58O10/c1-18-9-12-36(31(44)46-30-28(42)27(41)26(40)22(16-37)45-30)14-13-34(5)20(25(36)19(18)2)7-8-24-32(3)15-21(39)29(43)33(4,17-38)23(32)10-11-35(24,34)6/h7,18-19,21-30,37-43H,8-17H2,1-6H3/t18-,19+,21-,22-,23-,24-,25+,26-,27+,28-,29-,30+,32+,33+,34-,35-,36+/m1/s1. The summed E-state index contributed by atoms with van der Waals surface area (Å²) in [7, 11) is 0. The Labute approximate surface area is 273 Å². The number of fused-ring (bicyclic) bond motifs is 7. The lowest BCUT2D eigenvalue weighted by Gasteiger charge is -2.71. The number of rotatable bonds is 4. The van der Waals surface area contributed by atoms with Crippen molar-refractivity contribution in [2.24, 2.45) is 56.7 Å². The third kappa shape index (κ3) is 4.46. The second kappa shape index (κ2) is 11.5. The SMILES string of the molecule is C[C@H]1[C@H](C)CC[C@]2(C(=O)O[C@@H]3O[C@H](CO)[C@@H](O)[C@H](O)[C@H]3O)CC[C@]3(C)C(=CC[C@@H]4[C@@]5(C)C[C@@H](O)[C@@H](O)[C@@](C)(CO)[C@@H]5CC[C@]43C)[C@H]12. The van der Waals surface area contributed by atoms with Gasteiger partial charge in [0.1, 0.15) is 24.4 Å². The van der Waals surface area contributed by atoms with Crippen LogP contribution in [0.5, 0.6) is 0 Å². The molecule has 1 aliphatic heterocycles. The largest absolute Gasteiger partial charge is 0.432 e. The number of hydrogen-bond acceptors (Lipinski definition) is 10. The minimum Gasteiger partial charge on any atom is -0.432 e. The van der Waals surface area contributed by atoms with Crippen LogP contribution in [0.1, 0.15) is 92.9 Å². The Balaban J connectivity index is 1.37. The summed E-state index contributed by atoms with van der Waals surface area (Å²) >= 11 is 0. The van der Waals surface area contributed by atoms with Crippen molar-refractivity contribution in [3.05, 3.63) is 11.6 Å². The first-order chi connectivity index (χ1) is 21.5. The molecule has 10 nitrogen and oxygen atoms in total. The zero-order valence-corrected chi connectivity index (χ0v) is 28.4. The van der Waals surface area contributed by atoms with Crippen molar-refractivity contribution in [3.8, 4) is 0 Å². The van der Waals surface area contributed by atoms with Gasteiger partial charge in [-0.05, 0) is 97.2 Å². The highest BCUT2D eigenvalue weighted by Crippen LogP contribution is 2.75. The average molecular weight is 651 g/mol. The number of esters is 1. The Morgan fingerprint density at radius 3 is 2.26 bits per heavy atom. The van der Waals surface area contributed by atoms with Crippen molar-refractivity contribution in [1.82, 2.24) is 0 Å². The summed E-state index contributed by atoms with van der Waals surface area (Å²) in [6.45, 7) is 12.7. The molecule has 0 aromatic heterocycles. The Hall–Kier alpha value is -1.11. The third-order valence-electron chi connectivity index (χ3n) is 15.6. The topological polar surface area (TPSA) is 177 Å². The van der Waals surface area contributed by atoms with Gasteiger partial charge < -0.3 is 45.2 Å². The van der Waals surface area contributed by atoms with Gasteiger partial charge in [0.25, 0.3) is 0 Å². The highest BCUT2D eigenvalue weighted by atomic mass is 16.7. The van der Waals surface area contributed by atoms with Crippen molar-refractivity contribution in [1.29, 1.82) is 0 Å². The molecule has 262 valence electrons. The van der Waals surface area contributed by atoms with E-state index in [-0.39, 0.29) is 46.5 Å². The van der Waals surface area contributed by atoms with Crippen LogP contribution >= 0.6 is 0 Å². The Kier molecular flexibility index (Phi) is 8.66. The molecule has 5 fully saturated rings. The second-order valence-electron chi connectivity index (χ2n) is 17.3. The molecule has 0 radical (unpaired) electrons. The summed E-state index contributed by atoms with van der Waals surface area (Å²) < 4.78 is 11.5. The Morgan fingerprint density at radius 1 is 0.913 bits per heavy atom. The Bertz CT molecular complexity index is 1220. The van der Waals surface area contributed by atoms with Crippen LogP contribution in [0.25, 0.3) is 0 Å². The van der Waals surface area contributed by atoms with Gasteiger partial charge in [-0.3, -0.25) is 4.79 Å². The van der Waals surface area contributed by atoms with Crippen LogP contribution < -0.4 is 0 Å². The van der Waals surface area contributed by atoms with Gasteiger partial charge in [0.05, 0.1) is 30.8 Å². The molecule has 0 aromatic rings. The van der Waals surface area contributed by atoms with E-state index in [4.69, 9.17) is 9.47 Å². The van der Waals surface area contributed by atoms with Gasteiger partial charge >= 0.3 is 5.97 Å². The van der Waals surface area contributed by atoms with Crippen LogP contribution in [0.2, 0.25) is 0 Å². The van der Waals surface area contributed by atoms with Crippen LogP contribution in [0.3, 0.4) is 0 Å². The van der Waals surface area contributed by atoms with E-state index in [0.29, 0.717) is 25.2 Å². The summed E-state index contributed by atoms with van der Waals surface area (Å²) in [6.07, 6.45) is -1.11. The highest BCUT2D eigenvalue weighted by Gasteiger charge is 2.71. The molecule has 10 heteroatoms. The average Bonchev–Trinajstić information content (AvgIpc) is 3.02. The van der Waals surface area contributed by atoms with E-state index in [1.807, 2.05) is 6.92 Å². The lowest BCUT2D eigenvalue weighted by molar-refractivity contribution is -0.297. The zero-order chi connectivity index (χ0) is 33.8. The van der Waals surface area contributed by atoms with Crippen LogP contribution in [-0.4, -0.2) is 97.8 Å². The van der Waals surface area contributed by atoms with Crippen molar-refractivity contribution in [2.75, 3.05) is 13.2 Å². The second-order valence-corrected chi connectivity index (χ2v) is 17.3. The zero-order valence-electron chi connectivity index (χ0n) is 28.4. The number of aliphatic hydroxyl groups is 7. The molecule has 1 saturated heterocycles. The first-order valence-corrected chi connectivity index (χ1v) is 17.7. The van der Waals surface area contributed by atoms with Gasteiger partial charge in [-0.2, -0.15) is 0 Å². The first kappa shape index (κ1) is 34.7. The summed E-state index contributed by atoms with van der Waals surface area (Å²) in [6, 6.07) is 0. The van der Waals surface area contributed by atoms with E-state index >= 15 is 0 Å². The summed E-state index contributed by atoms with van der Waals surface area (Å²) in [5, 5.41) is 73.8. The van der Waals surface area contributed by atoms with Gasteiger partial charge in [0, 0.05) is 5.41 Å². The van der Waals surface area contributed by atoms with Crippen molar-refractivity contribution in [3.63, 3.8) is 0 Å². The minimum absolute atomic E-state index is 0.0600. The molecule has 1 heterocycles. The van der Waals surface area contributed by atoms with E-state index in [2.05, 4.69) is 40.7 Å². The van der Waals surface area contributed by atoms with Gasteiger partial charge in [0.2, 0.25) is 6.29 Å². The third-order valence-corrected chi connectivity index (χ3v) is 15.6. The van der Waals surface area contributed by atoms with E-state index in [1.165, 1.54) is 5.57 Å². The van der Waals surface area contributed by atoms with E-state index in [1.54, 1.807) is 0 Å². The molecule has 0 spiro atoms. The molecule has 6 rings (SSSR count). The molecule has 6 aliphatic rings. The number of carbonyl (C=O) groups is 1. The van der Waals surface area contributed by atoms with Crippen LogP contribution in [0.15, 0.2) is 11.6 Å².